The Balaban J connectivity index is 1.92. The highest BCUT2D eigenvalue weighted by molar-refractivity contribution is 6.46. The van der Waals surface area contributed by atoms with E-state index in [4.69, 9.17) is 0 Å². The fourth-order valence-electron chi connectivity index (χ4n) is 4.58. The number of benzene rings is 1. The standard InChI is InChI=1S/C25H27N5O5/c1-15-8-6-12-28-20(16(2)26-24(15)28)22(31)19-21(17-9-5-10-18(14-17)30(34)35)29(25(33)23(19)32)13-7-11-27(3)4/h5-6,8-10,12,14,21,31H,7,11,13H2,1-4H3. The average Bonchev–Trinajstić information content (AvgIpc) is 3.28. The molecule has 35 heavy (non-hydrogen) atoms. The minimum absolute atomic E-state index is 0.180. The molecule has 1 saturated heterocycles. The number of hydrogen-bond donors (Lipinski definition) is 1. The first-order valence-electron chi connectivity index (χ1n) is 11.4. The first-order valence-corrected chi connectivity index (χ1v) is 11.4. The number of quaternary nitrogens is 1. The maximum Gasteiger partial charge on any atom is 0.295 e. The Bertz CT molecular complexity index is 1370. The van der Waals surface area contributed by atoms with Crippen molar-refractivity contribution >= 4 is 28.8 Å². The SMILES string of the molecule is Cc1nc2c(C)cccn2c1C([O-])=C1C(=O)C(=O)N(CCC[NH+](C)C)C1c1cccc([N+](=O)[O-])c1. The van der Waals surface area contributed by atoms with Crippen LogP contribution in [0.4, 0.5) is 5.69 Å². The highest BCUT2D eigenvalue weighted by Crippen LogP contribution is 2.40. The molecule has 1 atom stereocenters. The lowest BCUT2D eigenvalue weighted by atomic mass is 9.96. The normalized spacial score (nSPS) is 17.6. The van der Waals surface area contributed by atoms with Crippen LogP contribution in [-0.2, 0) is 9.59 Å². The largest absolute Gasteiger partial charge is 0.871 e. The van der Waals surface area contributed by atoms with Gasteiger partial charge in [-0.2, -0.15) is 0 Å². The molecule has 1 N–H and O–H groups in total. The van der Waals surface area contributed by atoms with E-state index in [0.717, 1.165) is 12.1 Å². The summed E-state index contributed by atoms with van der Waals surface area (Å²) in [5, 5.41) is 25.3. The number of carbonyl (C=O) groups is 2. The number of nitro groups is 1. The Morgan fingerprint density at radius 2 is 1.91 bits per heavy atom. The van der Waals surface area contributed by atoms with Gasteiger partial charge in [0.05, 0.1) is 43.0 Å². The van der Waals surface area contributed by atoms with Gasteiger partial charge in [-0.25, -0.2) is 4.98 Å². The number of non-ortho nitro benzene ring substituents is 1. The number of rotatable bonds is 7. The fraction of sp³-hybridized carbons (Fsp3) is 0.320. The zero-order valence-electron chi connectivity index (χ0n) is 20.1. The molecule has 1 amide bonds. The van der Waals surface area contributed by atoms with Gasteiger partial charge in [-0.15, -0.1) is 0 Å². The molecule has 0 aliphatic carbocycles. The van der Waals surface area contributed by atoms with E-state index in [1.807, 2.05) is 27.1 Å². The molecule has 182 valence electrons. The molecule has 0 saturated carbocycles. The molecule has 3 aromatic rings. The van der Waals surface area contributed by atoms with Gasteiger partial charge in [-0.3, -0.25) is 19.7 Å². The van der Waals surface area contributed by atoms with Gasteiger partial charge in [0.15, 0.2) is 0 Å². The molecular formula is C25H27N5O5. The van der Waals surface area contributed by atoms with Crippen LogP contribution in [0.2, 0.25) is 0 Å². The maximum absolute atomic E-state index is 13.9. The lowest BCUT2D eigenvalue weighted by Gasteiger charge is -2.27. The van der Waals surface area contributed by atoms with Crippen molar-refractivity contribution in [3.63, 3.8) is 0 Å². The number of nitro benzene ring substituents is 1. The third-order valence-electron chi connectivity index (χ3n) is 6.24. The molecule has 2 aromatic heterocycles. The number of fused-ring (bicyclic) bond motifs is 1. The molecule has 1 aromatic carbocycles. The van der Waals surface area contributed by atoms with E-state index >= 15 is 0 Å². The second-order valence-corrected chi connectivity index (χ2v) is 9.07. The van der Waals surface area contributed by atoms with E-state index < -0.39 is 28.4 Å². The van der Waals surface area contributed by atoms with Gasteiger partial charge in [-0.1, -0.05) is 24.0 Å². The number of Topliss-reactive ketones (excluding diaryl/α,β-unsaturated/α-hetero) is 1. The number of imidazole rings is 1. The van der Waals surface area contributed by atoms with Crippen molar-refractivity contribution in [2.45, 2.75) is 26.3 Å². The van der Waals surface area contributed by atoms with Crippen molar-refractivity contribution in [2.75, 3.05) is 27.2 Å². The minimum Gasteiger partial charge on any atom is -0.871 e. The first-order chi connectivity index (χ1) is 16.6. The van der Waals surface area contributed by atoms with Crippen LogP contribution in [-0.4, -0.2) is 58.1 Å². The Morgan fingerprint density at radius 3 is 2.60 bits per heavy atom. The number of likely N-dealkylation sites (tertiary alicyclic amines) is 1. The van der Waals surface area contributed by atoms with Crippen molar-refractivity contribution in [2.24, 2.45) is 0 Å². The van der Waals surface area contributed by atoms with Gasteiger partial charge < -0.3 is 19.3 Å². The first kappa shape index (κ1) is 24.1. The minimum atomic E-state index is -1.02. The van der Waals surface area contributed by atoms with E-state index in [1.165, 1.54) is 28.0 Å². The molecule has 0 radical (unpaired) electrons. The van der Waals surface area contributed by atoms with Crippen molar-refractivity contribution in [3.8, 4) is 0 Å². The van der Waals surface area contributed by atoms with Crippen LogP contribution in [0, 0.1) is 24.0 Å². The van der Waals surface area contributed by atoms with Crippen molar-refractivity contribution in [1.29, 1.82) is 0 Å². The number of hydrogen-bond acceptors (Lipinski definition) is 6. The molecule has 0 spiro atoms. The van der Waals surface area contributed by atoms with Crippen LogP contribution in [0.5, 0.6) is 0 Å². The molecule has 1 unspecified atom stereocenters. The summed E-state index contributed by atoms with van der Waals surface area (Å²) in [4.78, 5) is 44.3. The van der Waals surface area contributed by atoms with Crippen LogP contribution < -0.4 is 10.0 Å². The Kier molecular flexibility index (Phi) is 6.40. The molecule has 10 nitrogen and oxygen atoms in total. The molecule has 3 heterocycles. The number of nitrogens with zero attached hydrogens (tertiary/aromatic N) is 4. The molecule has 1 fully saturated rings. The molecule has 1 aliphatic heterocycles. The number of nitrogens with one attached hydrogen (secondary N) is 1. The summed E-state index contributed by atoms with van der Waals surface area (Å²) in [6, 6.07) is 8.38. The van der Waals surface area contributed by atoms with E-state index in [9.17, 15) is 24.8 Å². The molecule has 4 rings (SSSR count). The second-order valence-electron chi connectivity index (χ2n) is 9.07. The molecule has 0 bridgehead atoms. The van der Waals surface area contributed by atoms with Gasteiger partial charge in [0.2, 0.25) is 5.78 Å². The fourth-order valence-corrected chi connectivity index (χ4v) is 4.58. The number of pyridine rings is 1. The van der Waals surface area contributed by atoms with E-state index in [-0.39, 0.29) is 23.5 Å². The predicted molar refractivity (Wildman–Crippen MR) is 126 cm³/mol. The van der Waals surface area contributed by atoms with Crippen molar-refractivity contribution in [1.82, 2.24) is 14.3 Å². The number of aromatic nitrogens is 2. The predicted octanol–water partition coefficient (Wildman–Crippen LogP) is 0.618. The van der Waals surface area contributed by atoms with Crippen LogP contribution >= 0.6 is 0 Å². The lowest BCUT2D eigenvalue weighted by Crippen LogP contribution is -3.05. The summed E-state index contributed by atoms with van der Waals surface area (Å²) in [6.45, 7) is 4.54. The van der Waals surface area contributed by atoms with Gasteiger partial charge in [0.1, 0.15) is 5.65 Å². The Labute approximate surface area is 202 Å². The smallest absolute Gasteiger partial charge is 0.295 e. The lowest BCUT2D eigenvalue weighted by molar-refractivity contribution is -0.858. The summed E-state index contributed by atoms with van der Waals surface area (Å²) in [6.07, 6.45) is 2.29. The molecular weight excluding hydrogens is 450 g/mol. The maximum atomic E-state index is 13.9. The van der Waals surface area contributed by atoms with E-state index in [1.54, 1.807) is 29.7 Å². The topological polar surface area (TPSA) is 125 Å². The average molecular weight is 478 g/mol. The van der Waals surface area contributed by atoms with E-state index in [0.29, 0.717) is 23.3 Å². The van der Waals surface area contributed by atoms with Crippen LogP contribution in [0.25, 0.3) is 11.4 Å². The Morgan fingerprint density at radius 1 is 1.17 bits per heavy atom. The molecule has 10 heteroatoms. The zero-order chi connectivity index (χ0) is 25.4. The summed E-state index contributed by atoms with van der Waals surface area (Å²) < 4.78 is 1.63. The second kappa shape index (κ2) is 9.30. The molecule has 1 aliphatic rings. The van der Waals surface area contributed by atoms with E-state index in [2.05, 4.69) is 4.98 Å². The van der Waals surface area contributed by atoms with Gasteiger partial charge >= 0.3 is 0 Å². The summed E-state index contributed by atoms with van der Waals surface area (Å²) in [5.74, 6) is -2.26. The van der Waals surface area contributed by atoms with Gasteiger partial charge in [-0.05, 0) is 31.0 Å². The van der Waals surface area contributed by atoms with Crippen LogP contribution in [0.3, 0.4) is 0 Å². The van der Waals surface area contributed by atoms with Crippen LogP contribution in [0.15, 0.2) is 48.2 Å². The highest BCUT2D eigenvalue weighted by Gasteiger charge is 2.44. The summed E-state index contributed by atoms with van der Waals surface area (Å²) in [7, 11) is 3.96. The monoisotopic (exact) mass is 477 g/mol. The summed E-state index contributed by atoms with van der Waals surface area (Å²) >= 11 is 0. The summed E-state index contributed by atoms with van der Waals surface area (Å²) in [5.41, 5.74) is 2.04. The number of amides is 1. The van der Waals surface area contributed by atoms with Gasteiger partial charge in [0, 0.05) is 36.9 Å². The number of carbonyl (C=O) groups excluding carboxylic acids is 2. The van der Waals surface area contributed by atoms with Crippen molar-refractivity contribution < 1.29 is 24.5 Å². The van der Waals surface area contributed by atoms with Gasteiger partial charge in [0.25, 0.3) is 11.6 Å². The Hall–Kier alpha value is -4.05. The highest BCUT2D eigenvalue weighted by atomic mass is 16.6. The quantitative estimate of drug-likeness (QED) is 0.175. The third-order valence-corrected chi connectivity index (χ3v) is 6.24. The number of ketones is 1. The van der Waals surface area contributed by atoms with Crippen LogP contribution in [0.1, 0.15) is 35.0 Å². The van der Waals surface area contributed by atoms with Crippen molar-refractivity contribution in [3.05, 3.63) is 80.8 Å². The third kappa shape index (κ3) is 4.28. The zero-order valence-corrected chi connectivity index (χ0v) is 20.1. The number of aryl methyl sites for hydroxylation is 2.